The summed E-state index contributed by atoms with van der Waals surface area (Å²) in [6, 6.07) is 3.67. The molecule has 7 nitrogen and oxygen atoms in total. The van der Waals surface area contributed by atoms with Crippen molar-refractivity contribution in [3.63, 3.8) is 0 Å². The first-order valence-electron chi connectivity index (χ1n) is 10.2. The van der Waals surface area contributed by atoms with Crippen LogP contribution < -0.4 is 10.6 Å². The molecule has 1 unspecified atom stereocenters. The standard InChI is InChI=1S/C21H25FN6O/c1-2-6-18(29)26-16-8-3-4-9-17(16)27-21-15(22)12-25-20(28-21)14-11-24-19-13(14)7-5-10-23-19/h5,7,10-12,16-17H,2-4,6,8-9H2,1H3,(H,23,24)(H,26,29)(H,25,27,28)/t16-,17?/m1/s1. The molecule has 0 spiro atoms. The topological polar surface area (TPSA) is 95.6 Å². The number of carbonyl (C=O) groups excluding carboxylic acids is 1. The van der Waals surface area contributed by atoms with E-state index in [1.807, 2.05) is 19.1 Å². The van der Waals surface area contributed by atoms with E-state index in [-0.39, 0.29) is 23.8 Å². The van der Waals surface area contributed by atoms with Crippen molar-refractivity contribution in [1.82, 2.24) is 25.3 Å². The third kappa shape index (κ3) is 4.21. The van der Waals surface area contributed by atoms with Gasteiger partial charge >= 0.3 is 0 Å². The minimum Gasteiger partial charge on any atom is -0.363 e. The molecule has 0 aliphatic heterocycles. The quantitative estimate of drug-likeness (QED) is 0.589. The van der Waals surface area contributed by atoms with E-state index in [1.165, 1.54) is 6.20 Å². The number of carbonyl (C=O) groups is 1. The Morgan fingerprint density at radius 1 is 1.28 bits per heavy atom. The predicted octanol–water partition coefficient (Wildman–Crippen LogP) is 3.80. The summed E-state index contributed by atoms with van der Waals surface area (Å²) >= 11 is 0. The minimum absolute atomic E-state index is 0.0297. The second-order valence-electron chi connectivity index (χ2n) is 7.45. The zero-order valence-electron chi connectivity index (χ0n) is 16.4. The van der Waals surface area contributed by atoms with E-state index in [4.69, 9.17) is 0 Å². The molecule has 1 aliphatic carbocycles. The molecule has 3 aromatic heterocycles. The van der Waals surface area contributed by atoms with Gasteiger partial charge in [0, 0.05) is 41.8 Å². The second-order valence-corrected chi connectivity index (χ2v) is 7.45. The SMILES string of the molecule is CCCC(=O)N[C@@H]1CCCCC1Nc1nc(-c2c[nH]c3ncccc23)ncc1F. The van der Waals surface area contributed by atoms with Crippen LogP contribution in [0.3, 0.4) is 0 Å². The van der Waals surface area contributed by atoms with Crippen molar-refractivity contribution in [3.05, 3.63) is 36.5 Å². The maximum absolute atomic E-state index is 14.5. The summed E-state index contributed by atoms with van der Waals surface area (Å²) in [6.07, 6.45) is 9.80. The third-order valence-corrected chi connectivity index (χ3v) is 5.35. The summed E-state index contributed by atoms with van der Waals surface area (Å²) in [7, 11) is 0. The molecule has 3 aromatic rings. The molecular weight excluding hydrogens is 371 g/mol. The van der Waals surface area contributed by atoms with Crippen LogP contribution in [0.5, 0.6) is 0 Å². The number of H-pyrrole nitrogens is 1. The number of nitrogens with zero attached hydrogens (tertiary/aromatic N) is 3. The summed E-state index contributed by atoms with van der Waals surface area (Å²) in [5.41, 5.74) is 1.50. The maximum Gasteiger partial charge on any atom is 0.220 e. The summed E-state index contributed by atoms with van der Waals surface area (Å²) in [4.78, 5) is 28.0. The van der Waals surface area contributed by atoms with Gasteiger partial charge in [-0.2, -0.15) is 0 Å². The van der Waals surface area contributed by atoms with E-state index >= 15 is 0 Å². The molecule has 8 heteroatoms. The third-order valence-electron chi connectivity index (χ3n) is 5.35. The Balaban J connectivity index is 1.58. The summed E-state index contributed by atoms with van der Waals surface area (Å²) in [5.74, 6) is 0.127. The van der Waals surface area contributed by atoms with Crippen LogP contribution in [0.25, 0.3) is 22.4 Å². The number of pyridine rings is 1. The van der Waals surface area contributed by atoms with Crippen LogP contribution in [0.2, 0.25) is 0 Å². The molecule has 1 saturated carbocycles. The van der Waals surface area contributed by atoms with Crippen molar-refractivity contribution in [2.24, 2.45) is 0 Å². The summed E-state index contributed by atoms with van der Waals surface area (Å²) in [5, 5.41) is 7.21. The number of anilines is 1. The Kier molecular flexibility index (Phi) is 5.69. The van der Waals surface area contributed by atoms with Crippen LogP contribution in [0.15, 0.2) is 30.7 Å². The number of hydrogen-bond acceptors (Lipinski definition) is 5. The van der Waals surface area contributed by atoms with Crippen molar-refractivity contribution < 1.29 is 9.18 Å². The Morgan fingerprint density at radius 2 is 2.10 bits per heavy atom. The number of aromatic amines is 1. The Bertz CT molecular complexity index is 1000. The Labute approximate surface area is 168 Å². The fraction of sp³-hybridized carbons (Fsp3) is 0.429. The van der Waals surface area contributed by atoms with Gasteiger partial charge < -0.3 is 15.6 Å². The van der Waals surface area contributed by atoms with Crippen LogP contribution >= 0.6 is 0 Å². The fourth-order valence-corrected chi connectivity index (χ4v) is 3.90. The van der Waals surface area contributed by atoms with Gasteiger partial charge in [0.2, 0.25) is 5.91 Å². The average molecular weight is 396 g/mol. The highest BCUT2D eigenvalue weighted by molar-refractivity contribution is 5.91. The van der Waals surface area contributed by atoms with Crippen LogP contribution in [-0.2, 0) is 4.79 Å². The van der Waals surface area contributed by atoms with Crippen molar-refractivity contribution in [2.75, 3.05) is 5.32 Å². The van der Waals surface area contributed by atoms with Crippen molar-refractivity contribution >= 4 is 22.8 Å². The van der Waals surface area contributed by atoms with Gasteiger partial charge in [0.05, 0.1) is 6.20 Å². The van der Waals surface area contributed by atoms with Gasteiger partial charge in [-0.15, -0.1) is 0 Å². The second kappa shape index (κ2) is 8.55. The zero-order valence-corrected chi connectivity index (χ0v) is 16.4. The molecular formula is C21H25FN6O. The lowest BCUT2D eigenvalue weighted by Gasteiger charge is -2.33. The maximum atomic E-state index is 14.5. The van der Waals surface area contributed by atoms with E-state index in [0.29, 0.717) is 12.2 Å². The van der Waals surface area contributed by atoms with Gasteiger partial charge in [-0.3, -0.25) is 4.79 Å². The minimum atomic E-state index is -0.504. The molecule has 4 rings (SSSR count). The van der Waals surface area contributed by atoms with Gasteiger partial charge in [0.15, 0.2) is 17.5 Å². The first-order valence-corrected chi connectivity index (χ1v) is 10.2. The van der Waals surface area contributed by atoms with Gasteiger partial charge in [-0.05, 0) is 31.4 Å². The van der Waals surface area contributed by atoms with Crippen LogP contribution in [0.4, 0.5) is 10.2 Å². The molecule has 1 fully saturated rings. The summed E-state index contributed by atoms with van der Waals surface area (Å²) in [6.45, 7) is 1.98. The number of rotatable bonds is 6. The molecule has 1 aliphatic rings. The predicted molar refractivity (Wildman–Crippen MR) is 110 cm³/mol. The number of hydrogen-bond donors (Lipinski definition) is 3. The largest absolute Gasteiger partial charge is 0.363 e. The molecule has 0 aromatic carbocycles. The van der Waals surface area contributed by atoms with Gasteiger partial charge in [0.25, 0.3) is 0 Å². The van der Waals surface area contributed by atoms with Crippen LogP contribution in [-0.4, -0.2) is 37.9 Å². The van der Waals surface area contributed by atoms with Crippen LogP contribution in [0, 0.1) is 5.82 Å². The Morgan fingerprint density at radius 3 is 2.93 bits per heavy atom. The molecule has 0 radical (unpaired) electrons. The molecule has 0 saturated heterocycles. The lowest BCUT2D eigenvalue weighted by atomic mass is 9.90. The number of halogens is 1. The van der Waals surface area contributed by atoms with E-state index in [9.17, 15) is 9.18 Å². The summed E-state index contributed by atoms with van der Waals surface area (Å²) < 4.78 is 14.5. The highest BCUT2D eigenvalue weighted by Gasteiger charge is 2.27. The number of amides is 1. The molecule has 3 heterocycles. The molecule has 2 atom stereocenters. The van der Waals surface area contributed by atoms with Crippen LogP contribution in [0.1, 0.15) is 45.4 Å². The lowest BCUT2D eigenvalue weighted by Crippen LogP contribution is -2.48. The monoisotopic (exact) mass is 396 g/mol. The number of fused-ring (bicyclic) bond motifs is 1. The first kappa shape index (κ1) is 19.3. The number of nitrogens with one attached hydrogen (secondary N) is 3. The highest BCUT2D eigenvalue weighted by Crippen LogP contribution is 2.28. The smallest absolute Gasteiger partial charge is 0.220 e. The Hall–Kier alpha value is -3.03. The first-order chi connectivity index (χ1) is 14.2. The average Bonchev–Trinajstić information content (AvgIpc) is 3.15. The van der Waals surface area contributed by atoms with E-state index in [0.717, 1.165) is 48.7 Å². The van der Waals surface area contributed by atoms with Gasteiger partial charge in [0.1, 0.15) is 5.65 Å². The van der Waals surface area contributed by atoms with Gasteiger partial charge in [-0.25, -0.2) is 19.3 Å². The molecule has 1 amide bonds. The zero-order chi connectivity index (χ0) is 20.2. The van der Waals surface area contributed by atoms with Crippen molar-refractivity contribution in [2.45, 2.75) is 57.5 Å². The van der Waals surface area contributed by atoms with E-state index in [1.54, 1.807) is 12.4 Å². The van der Waals surface area contributed by atoms with Crippen molar-refractivity contribution in [3.8, 4) is 11.4 Å². The molecule has 0 bridgehead atoms. The highest BCUT2D eigenvalue weighted by atomic mass is 19.1. The number of aromatic nitrogens is 4. The van der Waals surface area contributed by atoms with E-state index in [2.05, 4.69) is 30.6 Å². The molecule has 3 N–H and O–H groups in total. The molecule has 152 valence electrons. The van der Waals surface area contributed by atoms with Gasteiger partial charge in [-0.1, -0.05) is 19.8 Å². The lowest BCUT2D eigenvalue weighted by molar-refractivity contribution is -0.122. The molecule has 29 heavy (non-hydrogen) atoms. The normalized spacial score (nSPS) is 19.2. The fourth-order valence-electron chi connectivity index (χ4n) is 3.90. The van der Waals surface area contributed by atoms with Crippen molar-refractivity contribution in [1.29, 1.82) is 0 Å². The van der Waals surface area contributed by atoms with E-state index < -0.39 is 5.82 Å².